The first kappa shape index (κ1) is 20.5. The molecular weight excluding hydrogens is 202 g/mol. The Labute approximate surface area is 101 Å². The standard InChI is InChI=1S/C8H18.C3H5NO2.C2H6/c1-4-6-7-8(3)5-2;1-4-3(6)2-5;1-2/h8H,4-7H2,1-3H3;2H,1H3,(H,4,6);1-2H3/t8-;;/m0../s1. The molecule has 0 unspecified atom stereocenters. The maximum atomic E-state index is 9.70. The third-order valence-corrected chi connectivity index (χ3v) is 2.10. The van der Waals surface area contributed by atoms with E-state index in [1.165, 1.54) is 32.7 Å². The molecule has 0 aromatic heterocycles. The van der Waals surface area contributed by atoms with Crippen molar-refractivity contribution in [3.63, 3.8) is 0 Å². The molecule has 0 bridgehead atoms. The van der Waals surface area contributed by atoms with Crippen LogP contribution in [-0.2, 0) is 9.59 Å². The van der Waals surface area contributed by atoms with E-state index in [0.717, 1.165) is 5.92 Å². The van der Waals surface area contributed by atoms with Gasteiger partial charge >= 0.3 is 0 Å². The Balaban J connectivity index is -0.000000188. The summed E-state index contributed by atoms with van der Waals surface area (Å²) in [7, 11) is 1.40. The van der Waals surface area contributed by atoms with Gasteiger partial charge in [0.05, 0.1) is 0 Å². The molecule has 0 rings (SSSR count). The fourth-order valence-corrected chi connectivity index (χ4v) is 0.816. The van der Waals surface area contributed by atoms with Crippen LogP contribution in [0.4, 0.5) is 0 Å². The zero-order valence-corrected chi connectivity index (χ0v) is 11.8. The molecule has 1 atom stereocenters. The summed E-state index contributed by atoms with van der Waals surface area (Å²) >= 11 is 0. The van der Waals surface area contributed by atoms with Crippen molar-refractivity contribution in [1.82, 2.24) is 5.32 Å². The quantitative estimate of drug-likeness (QED) is 0.583. The molecule has 0 saturated carbocycles. The second-order valence-corrected chi connectivity index (χ2v) is 3.39. The minimum Gasteiger partial charge on any atom is -0.353 e. The summed E-state index contributed by atoms with van der Waals surface area (Å²) in [4.78, 5) is 19.0. The van der Waals surface area contributed by atoms with Crippen molar-refractivity contribution >= 4 is 12.2 Å². The van der Waals surface area contributed by atoms with Gasteiger partial charge in [0, 0.05) is 7.05 Å². The summed E-state index contributed by atoms with van der Waals surface area (Å²) in [6, 6.07) is 0. The summed E-state index contributed by atoms with van der Waals surface area (Å²) in [6.07, 6.45) is 5.76. The first-order chi connectivity index (χ1) is 7.62. The number of nitrogens with one attached hydrogen (secondary N) is 1. The lowest BCUT2D eigenvalue weighted by Gasteiger charge is -2.04. The van der Waals surface area contributed by atoms with Gasteiger partial charge in [-0.15, -0.1) is 0 Å². The highest BCUT2D eigenvalue weighted by atomic mass is 16.2. The van der Waals surface area contributed by atoms with E-state index in [1.54, 1.807) is 0 Å². The minimum atomic E-state index is -0.588. The van der Waals surface area contributed by atoms with E-state index in [0.29, 0.717) is 0 Å². The van der Waals surface area contributed by atoms with E-state index in [1.807, 2.05) is 13.8 Å². The molecule has 0 spiro atoms. The SMILES string of the molecule is CC.CCCC[C@@H](C)CC.CNC(=O)C=O. The van der Waals surface area contributed by atoms with E-state index in [4.69, 9.17) is 0 Å². The van der Waals surface area contributed by atoms with Gasteiger partial charge in [0.2, 0.25) is 6.29 Å². The van der Waals surface area contributed by atoms with Crippen LogP contribution in [0.1, 0.15) is 60.3 Å². The minimum absolute atomic E-state index is 0.222. The number of hydrogen-bond donors (Lipinski definition) is 1. The summed E-state index contributed by atoms with van der Waals surface area (Å²) in [5.41, 5.74) is 0. The molecule has 98 valence electrons. The molecule has 1 N–H and O–H groups in total. The van der Waals surface area contributed by atoms with Gasteiger partial charge < -0.3 is 5.32 Å². The van der Waals surface area contributed by atoms with E-state index >= 15 is 0 Å². The Bertz CT molecular complexity index is 147. The van der Waals surface area contributed by atoms with Crippen LogP contribution in [0.25, 0.3) is 0 Å². The number of carbonyl (C=O) groups excluding carboxylic acids is 2. The van der Waals surface area contributed by atoms with Gasteiger partial charge in [-0.1, -0.05) is 60.3 Å². The van der Waals surface area contributed by atoms with Crippen molar-refractivity contribution in [3.8, 4) is 0 Å². The van der Waals surface area contributed by atoms with Gasteiger partial charge in [-0.3, -0.25) is 9.59 Å². The summed E-state index contributed by atoms with van der Waals surface area (Å²) in [5.74, 6) is 0.366. The first-order valence-corrected chi connectivity index (χ1v) is 6.29. The average Bonchev–Trinajstić information content (AvgIpc) is 2.37. The van der Waals surface area contributed by atoms with Crippen molar-refractivity contribution in [2.75, 3.05) is 7.05 Å². The van der Waals surface area contributed by atoms with Crippen LogP contribution < -0.4 is 5.32 Å². The van der Waals surface area contributed by atoms with Crippen molar-refractivity contribution in [1.29, 1.82) is 0 Å². The maximum absolute atomic E-state index is 9.70. The number of hydrogen-bond acceptors (Lipinski definition) is 2. The van der Waals surface area contributed by atoms with Crippen molar-refractivity contribution in [3.05, 3.63) is 0 Å². The highest BCUT2D eigenvalue weighted by molar-refractivity contribution is 6.23. The second kappa shape index (κ2) is 19.7. The Morgan fingerprint density at radius 1 is 1.31 bits per heavy atom. The number of aldehydes is 1. The fraction of sp³-hybridized carbons (Fsp3) is 0.846. The van der Waals surface area contributed by atoms with Gasteiger partial charge in [-0.2, -0.15) is 0 Å². The van der Waals surface area contributed by atoms with E-state index in [-0.39, 0.29) is 6.29 Å². The Morgan fingerprint density at radius 2 is 1.81 bits per heavy atom. The van der Waals surface area contributed by atoms with E-state index < -0.39 is 5.91 Å². The van der Waals surface area contributed by atoms with Gasteiger partial charge in [-0.05, 0) is 5.92 Å². The van der Waals surface area contributed by atoms with Gasteiger partial charge in [0.1, 0.15) is 0 Å². The average molecular weight is 231 g/mol. The summed E-state index contributed by atoms with van der Waals surface area (Å²) < 4.78 is 0. The smallest absolute Gasteiger partial charge is 0.283 e. The zero-order valence-electron chi connectivity index (χ0n) is 11.8. The predicted octanol–water partition coefficient (Wildman–Crippen LogP) is 3.18. The molecule has 3 nitrogen and oxygen atoms in total. The number of rotatable bonds is 5. The fourth-order valence-electron chi connectivity index (χ4n) is 0.816. The lowest BCUT2D eigenvalue weighted by atomic mass is 10.0. The van der Waals surface area contributed by atoms with Crippen molar-refractivity contribution in [2.45, 2.75) is 60.3 Å². The maximum Gasteiger partial charge on any atom is 0.283 e. The molecule has 16 heavy (non-hydrogen) atoms. The lowest BCUT2D eigenvalue weighted by molar-refractivity contribution is -0.130. The molecule has 0 aromatic rings. The van der Waals surface area contributed by atoms with Gasteiger partial charge in [-0.25, -0.2) is 0 Å². The monoisotopic (exact) mass is 231 g/mol. The largest absolute Gasteiger partial charge is 0.353 e. The highest BCUT2D eigenvalue weighted by Crippen LogP contribution is 2.09. The zero-order chi connectivity index (χ0) is 13.4. The molecule has 0 aliphatic heterocycles. The highest BCUT2D eigenvalue weighted by Gasteiger charge is 1.94. The van der Waals surface area contributed by atoms with Crippen LogP contribution in [0.15, 0.2) is 0 Å². The summed E-state index contributed by atoms with van der Waals surface area (Å²) in [6.45, 7) is 10.8. The molecule has 0 fully saturated rings. The molecule has 3 heteroatoms. The molecule has 1 amide bonds. The van der Waals surface area contributed by atoms with Crippen molar-refractivity contribution < 1.29 is 9.59 Å². The Morgan fingerprint density at radius 3 is 2.00 bits per heavy atom. The lowest BCUT2D eigenvalue weighted by Crippen LogP contribution is -2.17. The van der Waals surface area contributed by atoms with Crippen LogP contribution in [0.5, 0.6) is 0 Å². The Hall–Kier alpha value is -0.860. The van der Waals surface area contributed by atoms with Crippen LogP contribution >= 0.6 is 0 Å². The van der Waals surface area contributed by atoms with Crippen LogP contribution in [0.2, 0.25) is 0 Å². The van der Waals surface area contributed by atoms with Crippen molar-refractivity contribution in [2.24, 2.45) is 5.92 Å². The number of amides is 1. The Kier molecular flexibility index (Phi) is 25.3. The van der Waals surface area contributed by atoms with Crippen LogP contribution in [-0.4, -0.2) is 19.2 Å². The normalized spacial score (nSPS) is 9.88. The summed E-state index contributed by atoms with van der Waals surface area (Å²) in [5, 5.41) is 2.11. The third-order valence-electron chi connectivity index (χ3n) is 2.10. The van der Waals surface area contributed by atoms with E-state index in [2.05, 4.69) is 26.1 Å². The van der Waals surface area contributed by atoms with Gasteiger partial charge in [0.25, 0.3) is 5.91 Å². The molecule has 0 saturated heterocycles. The number of carbonyl (C=O) groups is 2. The van der Waals surface area contributed by atoms with E-state index in [9.17, 15) is 9.59 Å². The van der Waals surface area contributed by atoms with Gasteiger partial charge in [0.15, 0.2) is 0 Å². The molecule has 0 aliphatic rings. The number of unbranched alkanes of at least 4 members (excludes halogenated alkanes) is 1. The number of likely N-dealkylation sites (N-methyl/N-ethyl adjacent to an activating group) is 1. The second-order valence-electron chi connectivity index (χ2n) is 3.39. The third kappa shape index (κ3) is 23.2. The molecule has 0 aliphatic carbocycles. The molecule has 0 radical (unpaired) electrons. The molecular formula is C13H29NO2. The topological polar surface area (TPSA) is 46.2 Å². The first-order valence-electron chi connectivity index (χ1n) is 6.29. The van der Waals surface area contributed by atoms with Crippen LogP contribution in [0, 0.1) is 5.92 Å². The molecule has 0 heterocycles. The predicted molar refractivity (Wildman–Crippen MR) is 70.5 cm³/mol. The molecule has 0 aromatic carbocycles. The van der Waals surface area contributed by atoms with Crippen LogP contribution in [0.3, 0.4) is 0 Å².